The molecule has 19 aromatic rings. The van der Waals surface area contributed by atoms with E-state index in [0.29, 0.717) is 0 Å². The summed E-state index contributed by atoms with van der Waals surface area (Å²) in [5, 5.41) is 38.0. The zero-order valence-corrected chi connectivity index (χ0v) is 42.7. The average Bonchev–Trinajstić information content (AvgIpc) is 3.90. The number of hydrogen-bond acceptors (Lipinski definition) is 0. The predicted molar refractivity (Wildman–Crippen MR) is 340 cm³/mol. The fraction of sp³-hybridized carbons (Fsp3) is 0.0256. The van der Waals surface area contributed by atoms with Gasteiger partial charge in [-0.2, -0.15) is 0 Å². The number of hydrogen-bond donors (Lipinski definition) is 1. The number of fused-ring (bicyclic) bond motifs is 10. The summed E-state index contributed by atoms with van der Waals surface area (Å²) < 4.78 is 0. The number of benzene rings is 16. The molecule has 0 amide bonds. The molecule has 0 fully saturated rings. The smallest absolute Gasteiger partial charge is 0.0460 e. The Bertz CT molecular complexity index is 5990. The SMILES string of the molecule is C1=C(c2ccc3ccc4c(-c5ccc[nH]5)ccc5ccc2c3c54)Cc2c1c1cc3ccc4c(-c5ccc6ccc7c(C8=Cc9c(c%10c9cc9ccc%11cccc%12ccc%10c9c%11%12)C8)ccc8ccc5c6c87)ccc5ccc(c21)c3c54. The summed E-state index contributed by atoms with van der Waals surface area (Å²) in [6.45, 7) is 0. The van der Waals surface area contributed by atoms with Crippen LogP contribution in [0.15, 0.2) is 206 Å². The Hall–Kier alpha value is -10.1. The molecule has 79 heavy (non-hydrogen) atoms. The van der Waals surface area contributed by atoms with Gasteiger partial charge in [-0.25, -0.2) is 0 Å². The number of nitrogens with one attached hydrogen (secondary N) is 1. The molecule has 0 spiro atoms. The van der Waals surface area contributed by atoms with Gasteiger partial charge in [-0.15, -0.1) is 0 Å². The molecule has 1 heteroatoms. The van der Waals surface area contributed by atoms with E-state index in [-0.39, 0.29) is 0 Å². The Morgan fingerprint density at radius 2 is 0.582 bits per heavy atom. The van der Waals surface area contributed by atoms with Crippen molar-refractivity contribution in [3.63, 3.8) is 0 Å². The highest BCUT2D eigenvalue weighted by atomic mass is 14.7. The summed E-state index contributed by atoms with van der Waals surface area (Å²) in [4.78, 5) is 3.47. The van der Waals surface area contributed by atoms with E-state index in [1.54, 1.807) is 0 Å². The molecule has 2 aliphatic rings. The molecule has 2 aliphatic carbocycles. The second-order valence-corrected chi connectivity index (χ2v) is 23.3. The van der Waals surface area contributed by atoms with Crippen molar-refractivity contribution in [2.24, 2.45) is 0 Å². The third kappa shape index (κ3) is 4.80. The molecule has 1 N–H and O–H groups in total. The van der Waals surface area contributed by atoms with Gasteiger partial charge in [0.05, 0.1) is 0 Å². The first-order valence-corrected chi connectivity index (χ1v) is 28.1. The van der Waals surface area contributed by atoms with E-state index in [1.165, 1.54) is 212 Å². The van der Waals surface area contributed by atoms with Crippen molar-refractivity contribution < 1.29 is 0 Å². The normalized spacial score (nSPS) is 14.1. The second kappa shape index (κ2) is 13.7. The molecule has 1 aromatic heterocycles. The van der Waals surface area contributed by atoms with Crippen LogP contribution in [0, 0.1) is 0 Å². The van der Waals surface area contributed by atoms with Crippen molar-refractivity contribution in [2.75, 3.05) is 0 Å². The molecule has 358 valence electrons. The fourth-order valence-corrected chi connectivity index (χ4v) is 16.5. The molecule has 0 unspecified atom stereocenters. The summed E-state index contributed by atoms with van der Waals surface area (Å²) >= 11 is 0. The van der Waals surface area contributed by atoms with E-state index < -0.39 is 0 Å². The van der Waals surface area contributed by atoms with Gasteiger partial charge in [0.1, 0.15) is 0 Å². The first kappa shape index (κ1) is 40.2. The molecular weight excluding hydrogens is 951 g/mol. The highest BCUT2D eigenvalue weighted by molar-refractivity contribution is 6.37. The van der Waals surface area contributed by atoms with Gasteiger partial charge in [0.25, 0.3) is 0 Å². The van der Waals surface area contributed by atoms with E-state index in [9.17, 15) is 0 Å². The minimum atomic E-state index is 0.942. The van der Waals surface area contributed by atoms with Crippen LogP contribution in [0.25, 0.3) is 196 Å². The van der Waals surface area contributed by atoms with E-state index in [1.807, 2.05) is 6.20 Å². The standard InChI is InChI=1S/C78H41N/c1-3-39-6-7-46-33-64-62-35-48(37-66(62)77(64)60-30-17-40(4-1)69(39)75(46)60)50-20-8-41-15-27-57-52(22-10-43-13-25-55(50)70(41)72(43)57)53-23-11-44-18-31-61-76-47(19-29-58(53)73(44)76)34-65-63-36-49(38-67(63)78(61)65)51-21-9-42-16-28-59-54(68-5-2-32-79-68)24-12-45-14-26-56(51)71(42)74(45)59/h1-36,79H,37-38H2. The number of aromatic amines is 1. The highest BCUT2D eigenvalue weighted by Gasteiger charge is 2.30. The van der Waals surface area contributed by atoms with Gasteiger partial charge in [-0.3, -0.25) is 0 Å². The summed E-state index contributed by atoms with van der Waals surface area (Å²) in [5.41, 5.74) is 16.4. The van der Waals surface area contributed by atoms with Gasteiger partial charge < -0.3 is 4.98 Å². The van der Waals surface area contributed by atoms with Crippen molar-refractivity contribution in [3.8, 4) is 22.4 Å². The molecule has 0 bridgehead atoms. The van der Waals surface area contributed by atoms with Crippen LogP contribution in [0.5, 0.6) is 0 Å². The van der Waals surface area contributed by atoms with Crippen LogP contribution in [0.2, 0.25) is 0 Å². The molecule has 0 saturated heterocycles. The number of allylic oxidation sites excluding steroid dienone is 2. The lowest BCUT2D eigenvalue weighted by molar-refractivity contribution is 1.35. The Morgan fingerprint density at radius 1 is 0.241 bits per heavy atom. The maximum Gasteiger partial charge on any atom is 0.0460 e. The van der Waals surface area contributed by atoms with E-state index in [4.69, 9.17) is 0 Å². The van der Waals surface area contributed by atoms with E-state index in [2.05, 4.69) is 217 Å². The third-order valence-corrected chi connectivity index (χ3v) is 19.8. The van der Waals surface area contributed by atoms with Crippen LogP contribution in [-0.2, 0) is 12.8 Å². The van der Waals surface area contributed by atoms with Crippen LogP contribution in [0.1, 0.15) is 33.4 Å². The van der Waals surface area contributed by atoms with E-state index >= 15 is 0 Å². The summed E-state index contributed by atoms with van der Waals surface area (Å²) in [5.74, 6) is 0. The lowest BCUT2D eigenvalue weighted by Crippen LogP contribution is -1.97. The van der Waals surface area contributed by atoms with Gasteiger partial charge in [0.2, 0.25) is 0 Å². The Balaban J connectivity index is 0.684. The summed E-state index contributed by atoms with van der Waals surface area (Å²) in [7, 11) is 0. The highest BCUT2D eigenvalue weighted by Crippen LogP contribution is 2.54. The molecule has 0 radical (unpaired) electrons. The van der Waals surface area contributed by atoms with Crippen LogP contribution < -0.4 is 0 Å². The van der Waals surface area contributed by atoms with Crippen molar-refractivity contribution in [3.05, 3.63) is 240 Å². The zero-order valence-electron chi connectivity index (χ0n) is 42.7. The van der Waals surface area contributed by atoms with Crippen LogP contribution in [-0.4, -0.2) is 4.98 Å². The Labute approximate surface area is 451 Å². The average molecular weight is 992 g/mol. The molecule has 0 saturated carbocycles. The number of aromatic nitrogens is 1. The molecule has 1 heterocycles. The van der Waals surface area contributed by atoms with Crippen LogP contribution >= 0.6 is 0 Å². The fourth-order valence-electron chi connectivity index (χ4n) is 16.5. The van der Waals surface area contributed by atoms with E-state index in [0.717, 1.165) is 18.5 Å². The summed E-state index contributed by atoms with van der Waals surface area (Å²) in [6.07, 6.45) is 8.94. The number of rotatable bonds is 4. The van der Waals surface area contributed by atoms with Crippen molar-refractivity contribution in [1.82, 2.24) is 4.98 Å². The van der Waals surface area contributed by atoms with Crippen molar-refractivity contribution >= 4 is 174 Å². The van der Waals surface area contributed by atoms with Gasteiger partial charge >= 0.3 is 0 Å². The minimum absolute atomic E-state index is 0.942. The first-order chi connectivity index (χ1) is 39.1. The van der Waals surface area contributed by atoms with Crippen molar-refractivity contribution in [1.29, 1.82) is 0 Å². The Kier molecular flexibility index (Phi) is 6.98. The minimum Gasteiger partial charge on any atom is -0.361 e. The lowest BCUT2D eigenvalue weighted by Gasteiger charge is -2.21. The topological polar surface area (TPSA) is 15.8 Å². The third-order valence-electron chi connectivity index (χ3n) is 19.8. The second-order valence-electron chi connectivity index (χ2n) is 23.3. The first-order valence-electron chi connectivity index (χ1n) is 28.1. The van der Waals surface area contributed by atoms with Gasteiger partial charge in [-0.05, 0) is 256 Å². The molecule has 1 nitrogen and oxygen atoms in total. The van der Waals surface area contributed by atoms with Crippen molar-refractivity contribution in [2.45, 2.75) is 12.8 Å². The largest absolute Gasteiger partial charge is 0.361 e. The maximum atomic E-state index is 3.47. The Morgan fingerprint density at radius 3 is 1.05 bits per heavy atom. The molecule has 0 aliphatic heterocycles. The molecule has 0 atom stereocenters. The maximum absolute atomic E-state index is 3.47. The molecular formula is C78H41N. The van der Waals surface area contributed by atoms with Crippen LogP contribution in [0.3, 0.4) is 0 Å². The zero-order chi connectivity index (χ0) is 50.7. The van der Waals surface area contributed by atoms with Gasteiger partial charge in [0.15, 0.2) is 0 Å². The number of H-pyrrole nitrogens is 1. The predicted octanol–water partition coefficient (Wildman–Crippen LogP) is 21.3. The lowest BCUT2D eigenvalue weighted by atomic mass is 9.82. The summed E-state index contributed by atoms with van der Waals surface area (Å²) in [6, 6.07) is 77.4. The molecule has 18 aromatic carbocycles. The molecule has 21 rings (SSSR count). The van der Waals surface area contributed by atoms with Crippen LogP contribution in [0.4, 0.5) is 0 Å². The van der Waals surface area contributed by atoms with Gasteiger partial charge in [-0.1, -0.05) is 176 Å². The quantitative estimate of drug-likeness (QED) is 0.169. The monoisotopic (exact) mass is 991 g/mol. The van der Waals surface area contributed by atoms with Gasteiger partial charge in [0, 0.05) is 17.5 Å².